The molecule has 2 aliphatic carbocycles. The van der Waals surface area contributed by atoms with Crippen LogP contribution in [0.4, 0.5) is 34.1 Å². The Bertz CT molecular complexity index is 4190. The first kappa shape index (κ1) is 46.9. The van der Waals surface area contributed by atoms with Gasteiger partial charge in [-0.25, -0.2) is 9.97 Å². The van der Waals surface area contributed by atoms with Gasteiger partial charge in [0.2, 0.25) is 0 Å². The van der Waals surface area contributed by atoms with E-state index >= 15 is 0 Å². The molecule has 0 saturated heterocycles. The van der Waals surface area contributed by atoms with Gasteiger partial charge in [0.25, 0.3) is 0 Å². The fourth-order valence-corrected chi connectivity index (χ4v) is 12.5. The van der Waals surface area contributed by atoms with Gasteiger partial charge in [-0.2, -0.15) is 0 Å². The van der Waals surface area contributed by atoms with E-state index in [4.69, 9.17) is 9.97 Å². The predicted molar refractivity (Wildman–Crippen MR) is 326 cm³/mol. The molecule has 0 N–H and O–H groups in total. The van der Waals surface area contributed by atoms with E-state index in [1.807, 2.05) is 0 Å². The highest BCUT2D eigenvalue weighted by atomic mass is 15.2. The van der Waals surface area contributed by atoms with Crippen molar-refractivity contribution in [2.75, 3.05) is 9.80 Å². The lowest BCUT2D eigenvalue weighted by molar-refractivity contribution is 0.660. The Morgan fingerprint density at radius 1 is 0.244 bits per heavy atom. The van der Waals surface area contributed by atoms with E-state index < -0.39 is 0 Å². The average molecular weight is 1000 g/mol. The van der Waals surface area contributed by atoms with Crippen LogP contribution < -0.4 is 9.80 Å². The zero-order valence-corrected chi connectivity index (χ0v) is 44.2. The smallest absolute Gasteiger partial charge is 0.0979 e. The number of para-hydroxylation sites is 3. The molecule has 0 radical (unpaired) electrons. The van der Waals surface area contributed by atoms with Gasteiger partial charge in [-0.3, -0.25) is 0 Å². The highest BCUT2D eigenvalue weighted by Crippen LogP contribution is 2.52. The Kier molecular flexibility index (Phi) is 11.2. The number of hydrogen-bond acceptors (Lipinski definition) is 4. The van der Waals surface area contributed by atoms with Crippen LogP contribution in [-0.2, 0) is 10.8 Å². The first-order valence-corrected chi connectivity index (χ1v) is 27.1. The molecule has 0 saturated carbocycles. The summed E-state index contributed by atoms with van der Waals surface area (Å²) in [6.45, 7) is 9.40. The lowest BCUT2D eigenvalue weighted by Gasteiger charge is -2.28. The summed E-state index contributed by atoms with van der Waals surface area (Å²) in [6.07, 6.45) is 0. The second-order valence-corrected chi connectivity index (χ2v) is 21.7. The molecule has 0 aliphatic heterocycles. The van der Waals surface area contributed by atoms with Gasteiger partial charge < -0.3 is 9.80 Å². The lowest BCUT2D eigenvalue weighted by Crippen LogP contribution is -2.15. The standard InChI is InChI=1S/C74H56N4/c1-73(2)65-31-19-17-29-61(65)63-43-35-51(47-67(63)73)59-45-46-60(52-36-44-64-62-30-18-20-32-66(62)74(3,4)68(64)48-52)72-71(59)75-69(49-21-9-5-10-22-49)70(76-72)50-33-37-56(38-34-50)78(55-27-15-8-16-28-55)58-41-39-57(40-42-58)77(53-23-11-6-12-24-53)54-25-13-7-14-26-54/h5-48H,1-4H3. The zero-order chi connectivity index (χ0) is 52.5. The summed E-state index contributed by atoms with van der Waals surface area (Å²) < 4.78 is 0. The molecule has 1 aromatic heterocycles. The van der Waals surface area contributed by atoms with Gasteiger partial charge in [0, 0.05) is 67.2 Å². The topological polar surface area (TPSA) is 32.3 Å². The van der Waals surface area contributed by atoms with Crippen molar-refractivity contribution in [1.82, 2.24) is 9.97 Å². The monoisotopic (exact) mass is 1000 g/mol. The van der Waals surface area contributed by atoms with Crippen LogP contribution in [0, 0.1) is 0 Å². The fraction of sp³-hybridized carbons (Fsp3) is 0.0811. The Morgan fingerprint density at radius 2 is 0.526 bits per heavy atom. The molecule has 0 amide bonds. The van der Waals surface area contributed by atoms with Crippen LogP contribution in [0.1, 0.15) is 49.9 Å². The van der Waals surface area contributed by atoms with Gasteiger partial charge in [-0.1, -0.05) is 210 Å². The molecule has 0 bridgehead atoms. The molecule has 11 aromatic carbocycles. The van der Waals surface area contributed by atoms with Crippen molar-refractivity contribution in [3.63, 3.8) is 0 Å². The molecule has 1 heterocycles. The van der Waals surface area contributed by atoms with Crippen LogP contribution in [0.2, 0.25) is 0 Å². The highest BCUT2D eigenvalue weighted by molar-refractivity contribution is 6.04. The summed E-state index contributed by atoms with van der Waals surface area (Å²) in [5.41, 5.74) is 26.5. The highest BCUT2D eigenvalue weighted by Gasteiger charge is 2.37. The van der Waals surface area contributed by atoms with Gasteiger partial charge in [-0.05, 0) is 141 Å². The van der Waals surface area contributed by atoms with Crippen molar-refractivity contribution in [2.45, 2.75) is 38.5 Å². The number of benzene rings is 11. The van der Waals surface area contributed by atoms with E-state index in [1.54, 1.807) is 0 Å². The van der Waals surface area contributed by atoms with Crippen molar-refractivity contribution in [3.8, 4) is 67.0 Å². The lowest BCUT2D eigenvalue weighted by atomic mass is 9.81. The Hall–Kier alpha value is -9.64. The molecule has 0 unspecified atom stereocenters. The number of fused-ring (bicyclic) bond motifs is 7. The Labute approximate surface area is 457 Å². The van der Waals surface area contributed by atoms with E-state index in [2.05, 4.69) is 304 Å². The minimum Gasteiger partial charge on any atom is -0.311 e. The minimum absolute atomic E-state index is 0.155. The average Bonchev–Trinajstić information content (AvgIpc) is 3.98. The summed E-state index contributed by atoms with van der Waals surface area (Å²) >= 11 is 0. The molecule has 78 heavy (non-hydrogen) atoms. The summed E-state index contributed by atoms with van der Waals surface area (Å²) in [6, 6.07) is 96.3. The summed E-state index contributed by atoms with van der Waals surface area (Å²) in [7, 11) is 0. The van der Waals surface area contributed by atoms with Crippen LogP contribution in [0.5, 0.6) is 0 Å². The van der Waals surface area contributed by atoms with Gasteiger partial charge in [-0.15, -0.1) is 0 Å². The number of aromatic nitrogens is 2. The van der Waals surface area contributed by atoms with Gasteiger partial charge in [0.1, 0.15) is 0 Å². The number of nitrogens with zero attached hydrogens (tertiary/aromatic N) is 4. The molecule has 2 aliphatic rings. The molecule has 0 fully saturated rings. The number of rotatable bonds is 10. The zero-order valence-electron chi connectivity index (χ0n) is 44.2. The molecule has 0 spiro atoms. The fourth-order valence-electron chi connectivity index (χ4n) is 12.5. The maximum atomic E-state index is 5.87. The molecular formula is C74H56N4. The molecule has 14 rings (SSSR count). The second kappa shape index (κ2) is 18.6. The van der Waals surface area contributed by atoms with Gasteiger partial charge in [0.05, 0.1) is 22.4 Å². The maximum absolute atomic E-state index is 5.87. The van der Waals surface area contributed by atoms with E-state index in [-0.39, 0.29) is 10.8 Å². The van der Waals surface area contributed by atoms with E-state index in [1.165, 1.54) is 44.5 Å². The second-order valence-electron chi connectivity index (χ2n) is 21.7. The van der Waals surface area contributed by atoms with Crippen LogP contribution in [0.3, 0.4) is 0 Å². The molecule has 4 heteroatoms. The molecule has 4 nitrogen and oxygen atoms in total. The summed E-state index contributed by atoms with van der Waals surface area (Å²) in [5.74, 6) is 0. The van der Waals surface area contributed by atoms with Gasteiger partial charge >= 0.3 is 0 Å². The normalized spacial score (nSPS) is 13.3. The van der Waals surface area contributed by atoms with Crippen LogP contribution >= 0.6 is 0 Å². The predicted octanol–water partition coefficient (Wildman–Crippen LogP) is 19.9. The van der Waals surface area contributed by atoms with Crippen LogP contribution in [0.15, 0.2) is 267 Å². The van der Waals surface area contributed by atoms with Crippen molar-refractivity contribution >= 4 is 45.2 Å². The SMILES string of the molecule is CC1(C)c2ccccc2-c2ccc(-c3ccc(-c4ccc5c(c4)C(C)(C)c4ccccc4-5)c4nc(-c5ccc(N(c6ccccc6)c6ccc(N(c7ccccc7)c7ccccc7)cc6)cc5)c(-c5ccccc5)nc34)cc21. The van der Waals surface area contributed by atoms with Crippen molar-refractivity contribution in [1.29, 1.82) is 0 Å². The van der Waals surface area contributed by atoms with Crippen molar-refractivity contribution in [3.05, 3.63) is 289 Å². The minimum atomic E-state index is -0.161. The first-order chi connectivity index (χ1) is 38.2. The number of anilines is 6. The maximum Gasteiger partial charge on any atom is 0.0979 e. The van der Waals surface area contributed by atoms with Crippen molar-refractivity contribution < 1.29 is 0 Å². The summed E-state index contributed by atoms with van der Waals surface area (Å²) in [4.78, 5) is 16.3. The largest absolute Gasteiger partial charge is 0.311 e. The molecule has 0 atom stereocenters. The first-order valence-electron chi connectivity index (χ1n) is 27.1. The quantitative estimate of drug-likeness (QED) is 0.137. The molecule has 372 valence electrons. The summed E-state index contributed by atoms with van der Waals surface area (Å²) in [5, 5.41) is 0. The third-order valence-electron chi connectivity index (χ3n) is 16.5. The molecule has 12 aromatic rings. The molecular weight excluding hydrogens is 945 g/mol. The van der Waals surface area contributed by atoms with Crippen molar-refractivity contribution in [2.24, 2.45) is 0 Å². The van der Waals surface area contributed by atoms with E-state index in [9.17, 15) is 0 Å². The Morgan fingerprint density at radius 3 is 0.923 bits per heavy atom. The van der Waals surface area contributed by atoms with Crippen LogP contribution in [-0.4, -0.2) is 9.97 Å². The van der Waals surface area contributed by atoms with E-state index in [0.717, 1.165) is 89.9 Å². The number of hydrogen-bond donors (Lipinski definition) is 0. The van der Waals surface area contributed by atoms with Crippen LogP contribution in [0.25, 0.3) is 78.1 Å². The van der Waals surface area contributed by atoms with Gasteiger partial charge in [0.15, 0.2) is 0 Å². The third kappa shape index (κ3) is 7.74. The third-order valence-corrected chi connectivity index (χ3v) is 16.5. The Balaban J connectivity index is 0.927. The van der Waals surface area contributed by atoms with E-state index in [0.29, 0.717) is 0 Å².